The summed E-state index contributed by atoms with van der Waals surface area (Å²) in [7, 11) is 1.52. The number of alkyl halides is 2. The Morgan fingerprint density at radius 2 is 1.84 bits per heavy atom. The van der Waals surface area contributed by atoms with Crippen LogP contribution < -0.4 is 5.73 Å². The van der Waals surface area contributed by atoms with Crippen LogP contribution >= 0.6 is 0 Å². The minimum Gasteiger partial charge on any atom is -0.402 e. The van der Waals surface area contributed by atoms with E-state index in [0.717, 1.165) is 5.56 Å². The molecule has 0 aliphatic rings. The van der Waals surface area contributed by atoms with Crippen molar-refractivity contribution < 1.29 is 8.78 Å². The van der Waals surface area contributed by atoms with E-state index in [-0.39, 0.29) is 0 Å². The van der Waals surface area contributed by atoms with Crippen molar-refractivity contribution in [3.8, 4) is 0 Å². The molecule has 1 aromatic rings. The van der Waals surface area contributed by atoms with Crippen molar-refractivity contribution in [1.29, 1.82) is 0 Å². The maximum absolute atomic E-state index is 13.0. The largest absolute Gasteiger partial charge is 0.402 e. The molecule has 0 aromatic heterocycles. The summed E-state index contributed by atoms with van der Waals surface area (Å²) in [6.45, 7) is -0.0990. The maximum atomic E-state index is 13.0. The van der Waals surface area contributed by atoms with Gasteiger partial charge in [0.25, 0.3) is 0 Å². The van der Waals surface area contributed by atoms with E-state index >= 15 is 0 Å². The molecule has 0 atom stereocenters. The van der Waals surface area contributed by atoms with Crippen LogP contribution in [0.3, 0.4) is 0 Å². The Balaban J connectivity index is 2.87. The maximum Gasteiger partial charge on any atom is 0.103 e. The lowest BCUT2D eigenvalue weighted by molar-refractivity contribution is 0.252. The van der Waals surface area contributed by atoms with Crippen molar-refractivity contribution in [3.63, 3.8) is 0 Å². The van der Waals surface area contributed by atoms with Crippen molar-refractivity contribution in [2.24, 2.45) is 16.1 Å². The molecule has 2 N–H and O–H groups in total. The molecule has 104 valence electrons. The van der Waals surface area contributed by atoms with Gasteiger partial charge in [-0.1, -0.05) is 30.3 Å². The Kier molecular flexibility index (Phi) is 5.67. The van der Waals surface area contributed by atoms with Crippen LogP contribution in [0.25, 0.3) is 0 Å². The monoisotopic (exact) mass is 266 g/mol. The SMILES string of the molecule is CN=C(/C=C(/N)Cc1ccccc1)C(C)(CF)CF. The normalized spacial score (nSPS) is 13.7. The summed E-state index contributed by atoms with van der Waals surface area (Å²) in [5.41, 5.74) is 6.66. The third-order valence-electron chi connectivity index (χ3n) is 3.02. The predicted octanol–water partition coefficient (Wildman–Crippen LogP) is 3.09. The molecular weight excluding hydrogens is 246 g/mol. The van der Waals surface area contributed by atoms with Crippen molar-refractivity contribution in [3.05, 3.63) is 47.7 Å². The average Bonchev–Trinajstić information content (AvgIpc) is 2.45. The van der Waals surface area contributed by atoms with E-state index in [9.17, 15) is 8.78 Å². The molecule has 0 saturated carbocycles. The topological polar surface area (TPSA) is 38.4 Å². The summed E-state index contributed by atoms with van der Waals surface area (Å²) in [5.74, 6) is 0. The fourth-order valence-corrected chi connectivity index (χ4v) is 1.74. The van der Waals surface area contributed by atoms with Gasteiger partial charge in [0.05, 0.1) is 5.41 Å². The summed E-state index contributed by atoms with van der Waals surface area (Å²) >= 11 is 0. The summed E-state index contributed by atoms with van der Waals surface area (Å²) < 4.78 is 25.9. The minimum atomic E-state index is -1.21. The van der Waals surface area contributed by atoms with Crippen LogP contribution in [0.4, 0.5) is 8.78 Å². The van der Waals surface area contributed by atoms with Gasteiger partial charge in [0.1, 0.15) is 13.3 Å². The van der Waals surface area contributed by atoms with Gasteiger partial charge in [0, 0.05) is 24.9 Å². The first-order chi connectivity index (χ1) is 9.05. The molecule has 0 unspecified atom stereocenters. The summed E-state index contributed by atoms with van der Waals surface area (Å²) in [4.78, 5) is 3.96. The highest BCUT2D eigenvalue weighted by Gasteiger charge is 2.29. The number of hydrogen-bond acceptors (Lipinski definition) is 2. The molecule has 0 amide bonds. The van der Waals surface area contributed by atoms with Gasteiger partial charge in [-0.15, -0.1) is 0 Å². The van der Waals surface area contributed by atoms with E-state index in [1.807, 2.05) is 30.3 Å². The summed E-state index contributed by atoms with van der Waals surface area (Å²) in [5, 5.41) is 0. The molecule has 0 aliphatic heterocycles. The minimum absolute atomic E-state index is 0.353. The van der Waals surface area contributed by atoms with Crippen molar-refractivity contribution in [2.75, 3.05) is 20.4 Å². The number of halogens is 2. The Bertz CT molecular complexity index is 448. The second-order valence-corrected chi connectivity index (χ2v) is 4.82. The fourth-order valence-electron chi connectivity index (χ4n) is 1.74. The van der Waals surface area contributed by atoms with Gasteiger partial charge in [-0.25, -0.2) is 8.78 Å². The molecule has 0 spiro atoms. The van der Waals surface area contributed by atoms with E-state index in [4.69, 9.17) is 5.73 Å². The van der Waals surface area contributed by atoms with Crippen LogP contribution in [0.15, 0.2) is 47.1 Å². The van der Waals surface area contributed by atoms with Crippen LogP contribution in [-0.4, -0.2) is 26.1 Å². The lowest BCUT2D eigenvalue weighted by Gasteiger charge is -2.23. The lowest BCUT2D eigenvalue weighted by Crippen LogP contribution is -2.32. The first-order valence-electron chi connectivity index (χ1n) is 6.15. The van der Waals surface area contributed by atoms with Crippen molar-refractivity contribution >= 4 is 5.71 Å². The zero-order valence-corrected chi connectivity index (χ0v) is 11.4. The van der Waals surface area contributed by atoms with Gasteiger partial charge < -0.3 is 5.73 Å². The number of nitrogens with zero attached hydrogens (tertiary/aromatic N) is 1. The molecule has 0 saturated heterocycles. The number of hydrogen-bond donors (Lipinski definition) is 1. The molecular formula is C15H20F2N2. The molecule has 0 bridgehead atoms. The van der Waals surface area contributed by atoms with Crippen molar-refractivity contribution in [2.45, 2.75) is 13.3 Å². The van der Waals surface area contributed by atoms with Crippen LogP contribution in [0.2, 0.25) is 0 Å². The van der Waals surface area contributed by atoms with E-state index in [1.54, 1.807) is 6.08 Å². The van der Waals surface area contributed by atoms with E-state index in [0.29, 0.717) is 17.8 Å². The van der Waals surface area contributed by atoms with Crippen LogP contribution in [-0.2, 0) is 6.42 Å². The number of benzene rings is 1. The molecule has 1 rings (SSSR count). The van der Waals surface area contributed by atoms with Gasteiger partial charge in [0.2, 0.25) is 0 Å². The van der Waals surface area contributed by atoms with Crippen LogP contribution in [0.1, 0.15) is 12.5 Å². The van der Waals surface area contributed by atoms with E-state index in [2.05, 4.69) is 4.99 Å². The number of aliphatic imine (C=N–C) groups is 1. The standard InChI is InChI=1S/C15H20F2N2/c1-15(10-16,11-17)14(19-2)9-13(18)8-12-6-4-3-5-7-12/h3-7,9H,8,10-11,18H2,1-2H3/b13-9+,19-14?. The molecule has 19 heavy (non-hydrogen) atoms. The van der Waals surface area contributed by atoms with Gasteiger partial charge in [-0.05, 0) is 18.6 Å². The van der Waals surface area contributed by atoms with Gasteiger partial charge in [-0.2, -0.15) is 0 Å². The Hall–Kier alpha value is -1.71. The highest BCUT2D eigenvalue weighted by molar-refractivity contribution is 6.00. The number of nitrogens with two attached hydrogens (primary N) is 1. The van der Waals surface area contributed by atoms with Crippen LogP contribution in [0.5, 0.6) is 0 Å². The Labute approximate surface area is 113 Å². The molecule has 2 nitrogen and oxygen atoms in total. The number of allylic oxidation sites excluding steroid dienone is 2. The Morgan fingerprint density at radius 3 is 2.32 bits per heavy atom. The second kappa shape index (κ2) is 7.02. The molecule has 4 heteroatoms. The molecule has 0 fully saturated rings. The van der Waals surface area contributed by atoms with Gasteiger partial charge in [0.15, 0.2) is 0 Å². The molecule has 1 aromatic carbocycles. The fraction of sp³-hybridized carbons (Fsp3) is 0.400. The van der Waals surface area contributed by atoms with Crippen molar-refractivity contribution in [1.82, 2.24) is 0 Å². The Morgan fingerprint density at radius 1 is 1.26 bits per heavy atom. The molecule has 0 radical (unpaired) electrons. The van der Waals surface area contributed by atoms with Gasteiger partial charge >= 0.3 is 0 Å². The highest BCUT2D eigenvalue weighted by atomic mass is 19.1. The predicted molar refractivity (Wildman–Crippen MR) is 75.8 cm³/mol. The third-order valence-corrected chi connectivity index (χ3v) is 3.02. The quantitative estimate of drug-likeness (QED) is 0.789. The van der Waals surface area contributed by atoms with E-state index < -0.39 is 18.8 Å². The summed E-state index contributed by atoms with van der Waals surface area (Å²) in [6, 6.07) is 9.67. The smallest absolute Gasteiger partial charge is 0.103 e. The second-order valence-electron chi connectivity index (χ2n) is 4.82. The number of rotatable bonds is 6. The first-order valence-corrected chi connectivity index (χ1v) is 6.15. The lowest BCUT2D eigenvalue weighted by atomic mass is 9.87. The highest BCUT2D eigenvalue weighted by Crippen LogP contribution is 2.22. The van der Waals surface area contributed by atoms with Crippen LogP contribution in [0, 0.1) is 5.41 Å². The van der Waals surface area contributed by atoms with E-state index in [1.165, 1.54) is 14.0 Å². The average molecular weight is 266 g/mol. The van der Waals surface area contributed by atoms with Gasteiger partial charge in [-0.3, -0.25) is 4.99 Å². The molecule has 0 aliphatic carbocycles. The molecule has 0 heterocycles. The zero-order chi connectivity index (χ0) is 14.3. The summed E-state index contributed by atoms with van der Waals surface area (Å²) in [6.07, 6.45) is 2.11. The zero-order valence-electron chi connectivity index (χ0n) is 11.4. The third kappa shape index (κ3) is 4.16. The first kappa shape index (κ1) is 15.3.